The van der Waals surface area contributed by atoms with Crippen LogP contribution in [0.1, 0.15) is 18.2 Å². The smallest absolute Gasteiger partial charge is 0.274 e. The number of ether oxygens (including phenoxy) is 1. The van der Waals surface area contributed by atoms with Gasteiger partial charge in [-0.25, -0.2) is 13.1 Å². The van der Waals surface area contributed by atoms with Gasteiger partial charge in [-0.3, -0.25) is 9.69 Å². The van der Waals surface area contributed by atoms with E-state index >= 15 is 0 Å². The van der Waals surface area contributed by atoms with Crippen LogP contribution in [0.5, 0.6) is 0 Å². The van der Waals surface area contributed by atoms with E-state index in [4.69, 9.17) is 9.15 Å². The van der Waals surface area contributed by atoms with Crippen molar-refractivity contribution in [1.29, 1.82) is 0 Å². The minimum atomic E-state index is -3.73. The molecule has 8 nitrogen and oxygen atoms in total. The molecule has 0 aromatic carbocycles. The standard InChI is InChI=1S/C18H25N3O5S.ClH/c1-3-14-12-15(13(2)20-18(14)22)16-4-5-17(26-16)27(23,24)19-6-7-21-8-10-25-11-9-21;/h4-5,12,19H,3,6-11H2,1-2H3,(H,20,22);1H. The molecule has 1 saturated heterocycles. The number of aryl methyl sites for hydroxylation is 2. The van der Waals surface area contributed by atoms with E-state index in [2.05, 4.69) is 14.6 Å². The number of rotatable bonds is 7. The second kappa shape index (κ2) is 9.71. The van der Waals surface area contributed by atoms with Crippen molar-refractivity contribution >= 4 is 22.4 Å². The number of morpholine rings is 1. The zero-order valence-corrected chi connectivity index (χ0v) is 17.6. The average molecular weight is 432 g/mol. The van der Waals surface area contributed by atoms with Crippen molar-refractivity contribution in [3.8, 4) is 11.3 Å². The molecule has 0 bridgehead atoms. The second-order valence-corrected chi connectivity index (χ2v) is 8.18. The van der Waals surface area contributed by atoms with Crippen molar-refractivity contribution in [3.63, 3.8) is 0 Å². The third-order valence-corrected chi connectivity index (χ3v) is 5.96. The first-order valence-electron chi connectivity index (χ1n) is 9.03. The van der Waals surface area contributed by atoms with Crippen LogP contribution in [0.3, 0.4) is 0 Å². The van der Waals surface area contributed by atoms with Crippen molar-refractivity contribution < 1.29 is 17.6 Å². The number of hydrogen-bond acceptors (Lipinski definition) is 6. The molecule has 1 fully saturated rings. The van der Waals surface area contributed by atoms with Gasteiger partial charge >= 0.3 is 0 Å². The maximum atomic E-state index is 12.5. The largest absolute Gasteiger partial charge is 0.443 e. The van der Waals surface area contributed by atoms with Crippen molar-refractivity contribution in [2.45, 2.75) is 25.4 Å². The molecule has 3 heterocycles. The average Bonchev–Trinajstić information content (AvgIpc) is 3.13. The first-order chi connectivity index (χ1) is 12.9. The van der Waals surface area contributed by atoms with E-state index < -0.39 is 10.0 Å². The molecule has 0 atom stereocenters. The zero-order chi connectivity index (χ0) is 19.4. The van der Waals surface area contributed by atoms with Gasteiger partial charge in [0, 0.05) is 43.0 Å². The van der Waals surface area contributed by atoms with E-state index in [1.165, 1.54) is 6.07 Å². The van der Waals surface area contributed by atoms with E-state index in [-0.39, 0.29) is 23.1 Å². The lowest BCUT2D eigenvalue weighted by Gasteiger charge is -2.26. The Bertz CT molecular complexity index is 948. The van der Waals surface area contributed by atoms with Gasteiger partial charge in [-0.15, -0.1) is 12.4 Å². The summed E-state index contributed by atoms with van der Waals surface area (Å²) in [5.74, 6) is 0.409. The molecular formula is C18H26ClN3O5S. The van der Waals surface area contributed by atoms with Gasteiger partial charge in [-0.1, -0.05) is 6.92 Å². The monoisotopic (exact) mass is 431 g/mol. The summed E-state index contributed by atoms with van der Waals surface area (Å²) in [6, 6.07) is 4.79. The second-order valence-electron chi connectivity index (χ2n) is 6.49. The van der Waals surface area contributed by atoms with Crippen LogP contribution < -0.4 is 10.3 Å². The van der Waals surface area contributed by atoms with Crippen LogP contribution in [-0.4, -0.2) is 57.7 Å². The number of furan rings is 1. The molecule has 2 aromatic heterocycles. The van der Waals surface area contributed by atoms with E-state index in [1.807, 2.05) is 6.92 Å². The Balaban J connectivity index is 0.00000280. The van der Waals surface area contributed by atoms with Gasteiger partial charge in [-0.2, -0.15) is 0 Å². The van der Waals surface area contributed by atoms with Crippen LogP contribution in [0.2, 0.25) is 0 Å². The molecule has 3 rings (SSSR count). The number of sulfonamides is 1. The van der Waals surface area contributed by atoms with Crippen LogP contribution in [-0.2, 0) is 21.2 Å². The van der Waals surface area contributed by atoms with Crippen molar-refractivity contribution in [3.05, 3.63) is 39.8 Å². The number of aromatic nitrogens is 1. The lowest BCUT2D eigenvalue weighted by Crippen LogP contribution is -2.41. The third-order valence-electron chi connectivity index (χ3n) is 4.63. The molecule has 156 valence electrons. The Hall–Kier alpha value is -1.65. The van der Waals surface area contributed by atoms with Gasteiger partial charge < -0.3 is 14.1 Å². The molecule has 0 radical (unpaired) electrons. The highest BCUT2D eigenvalue weighted by Crippen LogP contribution is 2.26. The maximum absolute atomic E-state index is 12.5. The highest BCUT2D eigenvalue weighted by Gasteiger charge is 2.21. The lowest BCUT2D eigenvalue weighted by molar-refractivity contribution is 0.0390. The van der Waals surface area contributed by atoms with Crippen molar-refractivity contribution in [2.24, 2.45) is 0 Å². The number of H-pyrrole nitrogens is 1. The van der Waals surface area contributed by atoms with E-state index in [1.54, 1.807) is 19.1 Å². The Morgan fingerprint density at radius 1 is 1.25 bits per heavy atom. The van der Waals surface area contributed by atoms with Crippen LogP contribution in [0, 0.1) is 6.92 Å². The van der Waals surface area contributed by atoms with Crippen molar-refractivity contribution in [2.75, 3.05) is 39.4 Å². The number of hydrogen-bond donors (Lipinski definition) is 2. The molecule has 2 aromatic rings. The van der Waals surface area contributed by atoms with Crippen molar-refractivity contribution in [1.82, 2.24) is 14.6 Å². The summed E-state index contributed by atoms with van der Waals surface area (Å²) in [5, 5.41) is -0.136. The molecule has 1 aliphatic rings. The Morgan fingerprint density at radius 3 is 2.64 bits per heavy atom. The Morgan fingerprint density at radius 2 is 1.96 bits per heavy atom. The number of halogens is 1. The van der Waals surface area contributed by atoms with Gasteiger partial charge in [-0.05, 0) is 31.5 Å². The summed E-state index contributed by atoms with van der Waals surface area (Å²) in [6.07, 6.45) is 0.581. The van der Waals surface area contributed by atoms with Crippen LogP contribution >= 0.6 is 12.4 Å². The minimum Gasteiger partial charge on any atom is -0.443 e. The normalized spacial score (nSPS) is 15.4. The zero-order valence-electron chi connectivity index (χ0n) is 16.0. The number of nitrogens with one attached hydrogen (secondary N) is 2. The summed E-state index contributed by atoms with van der Waals surface area (Å²) in [5.41, 5.74) is 1.81. The fraction of sp³-hybridized carbons (Fsp3) is 0.500. The molecule has 10 heteroatoms. The molecule has 1 aliphatic heterocycles. The van der Waals surface area contributed by atoms with Crippen LogP contribution in [0.25, 0.3) is 11.3 Å². The molecule has 0 amide bonds. The van der Waals surface area contributed by atoms with E-state index in [9.17, 15) is 13.2 Å². The highest BCUT2D eigenvalue weighted by molar-refractivity contribution is 7.89. The van der Waals surface area contributed by atoms with Crippen LogP contribution in [0.4, 0.5) is 0 Å². The Labute approximate surface area is 170 Å². The molecule has 28 heavy (non-hydrogen) atoms. The van der Waals surface area contributed by atoms with Gasteiger partial charge in [0.15, 0.2) is 0 Å². The maximum Gasteiger partial charge on any atom is 0.274 e. The predicted octanol–water partition coefficient (Wildman–Crippen LogP) is 1.54. The van der Waals surface area contributed by atoms with E-state index in [0.29, 0.717) is 55.3 Å². The fourth-order valence-electron chi connectivity index (χ4n) is 3.03. The number of nitrogens with zero attached hydrogens (tertiary/aromatic N) is 1. The Kier molecular flexibility index (Phi) is 7.85. The first kappa shape index (κ1) is 22.6. The summed E-state index contributed by atoms with van der Waals surface area (Å²) in [7, 11) is -3.73. The molecular weight excluding hydrogens is 406 g/mol. The number of aromatic amines is 1. The summed E-state index contributed by atoms with van der Waals surface area (Å²) in [4.78, 5) is 16.8. The van der Waals surface area contributed by atoms with E-state index in [0.717, 1.165) is 13.1 Å². The summed E-state index contributed by atoms with van der Waals surface area (Å²) >= 11 is 0. The van der Waals surface area contributed by atoms with Gasteiger partial charge in [0.05, 0.1) is 13.2 Å². The minimum absolute atomic E-state index is 0. The summed E-state index contributed by atoms with van der Waals surface area (Å²) < 4.78 is 38.4. The van der Waals surface area contributed by atoms with Gasteiger partial charge in [0.1, 0.15) is 5.76 Å². The predicted molar refractivity (Wildman–Crippen MR) is 109 cm³/mol. The highest BCUT2D eigenvalue weighted by atomic mass is 35.5. The van der Waals surface area contributed by atoms with Gasteiger partial charge in [0.25, 0.3) is 15.6 Å². The molecule has 0 spiro atoms. The number of pyridine rings is 1. The molecule has 0 unspecified atom stereocenters. The lowest BCUT2D eigenvalue weighted by atomic mass is 10.1. The van der Waals surface area contributed by atoms with Gasteiger partial charge in [0.2, 0.25) is 5.09 Å². The summed E-state index contributed by atoms with van der Waals surface area (Å²) in [6.45, 7) is 7.52. The molecule has 0 saturated carbocycles. The molecule has 2 N–H and O–H groups in total. The third kappa shape index (κ3) is 5.24. The van der Waals surface area contributed by atoms with Crippen LogP contribution in [0.15, 0.2) is 32.5 Å². The molecule has 0 aliphatic carbocycles. The quantitative estimate of drug-likeness (QED) is 0.689. The first-order valence-corrected chi connectivity index (χ1v) is 10.5. The SMILES string of the molecule is CCc1cc(-c2ccc(S(=O)(=O)NCCN3CCOCC3)o2)c(C)[nH]c1=O.Cl. The topological polar surface area (TPSA) is 105 Å². The fourth-order valence-corrected chi connectivity index (χ4v) is 3.98.